The van der Waals surface area contributed by atoms with E-state index >= 15 is 13.2 Å². The zero-order chi connectivity index (χ0) is 85.2. The second kappa shape index (κ2) is 35.5. The fraction of sp³-hybridized carbons (Fsp3) is 0.215. The number of nitrogens with one attached hydrogen (secondary N) is 2. The number of carbonyl (C=O) groups excluding carboxylic acids is 3. The van der Waals surface area contributed by atoms with Crippen LogP contribution in [0, 0.1) is 31.3 Å². The maximum absolute atomic E-state index is 16.6. The standard InChI is InChI=1S/C32H27ClFN5O2.C31H27ClFN5O2.C30H32ClFN6O2/c1-3-27(41)38-12-14-39(15-13-38)31-25-18-26(33)28(24-17-22(40)16-20-6-4-5-7-23(20)24)29(34)30(25)36-32(37-31)35-21-10-8-19(2)9-11-21;1-18-7-9-21(10-8-18)34-31-35-29-25(30(36-31)38-13-11-37(12-14-38)19(2)39)17-26(32)27(28(29)33)24-16-22(40)15-20-5-3-4-6-23(20)24;1-5-25(40)37-12-14-38(15-13-37)29-23-18-24(31)26(22-17-20(39)16-19-8-6-7-9-21(19)22)27(32)28(23)33-30(34-29)36(4)11-10-35(2)3/h3-11,16-18,40H,1,12-15H2,2H3,(H,35,36,37);3-10,15-17,40H,11-14H2,1-2H3,(H,34,35,36);5-9,16-18,39H,1,10-15H2,2-4H3. The molecule has 0 unspecified atom stereocenters. The Morgan fingerprint density at radius 1 is 0.421 bits per heavy atom. The number of amides is 3. The van der Waals surface area contributed by atoms with Gasteiger partial charge in [-0.3, -0.25) is 14.4 Å². The number of likely N-dealkylation sites (N-methyl/N-ethyl adjacent to an activating group) is 2. The van der Waals surface area contributed by atoms with Gasteiger partial charge in [0, 0.05) is 150 Å². The quantitative estimate of drug-likeness (QED) is 0.0565. The third-order valence-corrected chi connectivity index (χ3v) is 22.8. The van der Waals surface area contributed by atoms with Crippen LogP contribution in [0.1, 0.15) is 18.1 Å². The largest absolute Gasteiger partial charge is 0.508 e. The Morgan fingerprint density at radius 3 is 1.07 bits per heavy atom. The van der Waals surface area contributed by atoms with Crippen molar-refractivity contribution in [1.82, 2.24) is 49.5 Å². The summed E-state index contributed by atoms with van der Waals surface area (Å²) in [5.74, 6) is 0.502. The number of benzene rings is 11. The average Bonchev–Trinajstić information content (AvgIpc) is 0.751. The van der Waals surface area contributed by atoms with Crippen LogP contribution in [-0.4, -0.2) is 195 Å². The number of aromatic hydroxyl groups is 3. The zero-order valence-corrected chi connectivity index (χ0v) is 69.6. The summed E-state index contributed by atoms with van der Waals surface area (Å²) in [5.41, 5.74) is 6.01. The lowest BCUT2D eigenvalue weighted by Crippen LogP contribution is -2.48. The zero-order valence-electron chi connectivity index (χ0n) is 67.3. The molecule has 616 valence electrons. The number of hydrogen-bond donors (Lipinski definition) is 5. The van der Waals surface area contributed by atoms with Crippen molar-refractivity contribution in [2.75, 3.05) is 143 Å². The first-order valence-corrected chi connectivity index (χ1v) is 40.5. The van der Waals surface area contributed by atoms with Crippen molar-refractivity contribution in [3.05, 3.63) is 245 Å². The van der Waals surface area contributed by atoms with Crippen LogP contribution in [0.15, 0.2) is 201 Å². The molecule has 0 saturated carbocycles. The summed E-state index contributed by atoms with van der Waals surface area (Å²) in [6.45, 7) is 20.2. The van der Waals surface area contributed by atoms with Crippen molar-refractivity contribution in [3.8, 4) is 50.6 Å². The highest BCUT2D eigenvalue weighted by Crippen LogP contribution is 2.47. The molecule has 5 N–H and O–H groups in total. The van der Waals surface area contributed by atoms with Crippen LogP contribution in [-0.2, 0) is 14.4 Å². The fourth-order valence-electron chi connectivity index (χ4n) is 15.5. The van der Waals surface area contributed by atoms with E-state index < -0.39 is 17.5 Å². The summed E-state index contributed by atoms with van der Waals surface area (Å²) >= 11 is 20.4. The Morgan fingerprint density at radius 2 is 0.744 bits per heavy atom. The van der Waals surface area contributed by atoms with Gasteiger partial charge in [0.05, 0.1) is 15.1 Å². The molecule has 3 fully saturated rings. The second-order valence-electron chi connectivity index (χ2n) is 30.3. The van der Waals surface area contributed by atoms with Gasteiger partial charge in [-0.1, -0.05) is 156 Å². The topological polar surface area (TPSA) is 239 Å². The molecule has 0 spiro atoms. The predicted octanol–water partition coefficient (Wildman–Crippen LogP) is 18.3. The van der Waals surface area contributed by atoms with E-state index in [2.05, 4.69) is 38.7 Å². The molecule has 121 heavy (non-hydrogen) atoms. The molecule has 0 atom stereocenters. The molecule has 22 nitrogen and oxygen atoms in total. The summed E-state index contributed by atoms with van der Waals surface area (Å²) in [4.78, 5) is 79.8. The lowest BCUT2D eigenvalue weighted by Gasteiger charge is -2.35. The SMILES string of the molecule is C=CC(=O)N1CCN(c2nc(N(C)CCN(C)C)nc3c(F)c(-c4cc(O)cc5ccccc45)c(Cl)cc23)CC1.C=CC(=O)N1CCN(c2nc(Nc3ccc(C)cc3)nc3c(F)c(-c4cc(O)cc5ccccc45)c(Cl)cc23)CC1.CC(=O)N1CCN(c2nc(Nc3ccc(C)cc3)nc3c(F)c(-c4cc(O)cc5ccccc45)c(Cl)cc23)CC1. The molecule has 3 aliphatic rings. The Balaban J connectivity index is 0.000000141. The van der Waals surface area contributed by atoms with Gasteiger partial charge < -0.3 is 65.2 Å². The molecule has 0 aliphatic carbocycles. The number of carbonyl (C=O) groups is 3. The van der Waals surface area contributed by atoms with Crippen molar-refractivity contribution in [3.63, 3.8) is 0 Å². The highest BCUT2D eigenvalue weighted by Gasteiger charge is 2.32. The van der Waals surface area contributed by atoms with Crippen LogP contribution in [0.5, 0.6) is 17.2 Å². The van der Waals surface area contributed by atoms with E-state index in [1.807, 2.05) is 176 Å². The van der Waals surface area contributed by atoms with E-state index in [-0.39, 0.29) is 95.2 Å². The molecule has 17 rings (SSSR count). The number of rotatable bonds is 16. The van der Waals surface area contributed by atoms with Gasteiger partial charge in [-0.2, -0.15) is 15.0 Å². The lowest BCUT2D eigenvalue weighted by molar-refractivity contribution is -0.129. The summed E-state index contributed by atoms with van der Waals surface area (Å²) in [5, 5.41) is 44.3. The minimum Gasteiger partial charge on any atom is -0.508 e. The summed E-state index contributed by atoms with van der Waals surface area (Å²) in [6.07, 6.45) is 2.62. The molecule has 3 amide bonds. The maximum Gasteiger partial charge on any atom is 0.246 e. The normalized spacial score (nSPS) is 13.7. The number of aryl methyl sites for hydroxylation is 2. The first-order chi connectivity index (χ1) is 58.3. The maximum atomic E-state index is 16.6. The number of phenols is 3. The van der Waals surface area contributed by atoms with Gasteiger partial charge in [-0.25, -0.2) is 28.1 Å². The number of anilines is 8. The van der Waals surface area contributed by atoms with Gasteiger partial charge in [0.25, 0.3) is 0 Å². The number of nitrogens with zero attached hydrogens (tertiary/aromatic N) is 14. The molecular formula is C93H86Cl3F3N16O6. The van der Waals surface area contributed by atoms with Gasteiger partial charge >= 0.3 is 0 Å². The van der Waals surface area contributed by atoms with E-state index in [1.165, 1.54) is 30.4 Å². The lowest BCUT2D eigenvalue weighted by atomic mass is 9.96. The van der Waals surface area contributed by atoms with Crippen LogP contribution in [0.25, 0.3) is 98.4 Å². The number of phenolic OH excluding ortho intramolecular Hbond substituents is 3. The monoisotopic (exact) mass is 1680 g/mol. The van der Waals surface area contributed by atoms with Crippen molar-refractivity contribution in [1.29, 1.82) is 0 Å². The minimum atomic E-state index is -0.612. The second-order valence-corrected chi connectivity index (χ2v) is 31.5. The molecule has 0 radical (unpaired) electrons. The van der Waals surface area contributed by atoms with Gasteiger partial charge in [-0.05, 0) is 168 Å². The molecule has 0 bridgehead atoms. The van der Waals surface area contributed by atoms with E-state index in [1.54, 1.807) is 58.0 Å². The number of fused-ring (bicyclic) bond motifs is 6. The molecule has 3 aliphatic heterocycles. The van der Waals surface area contributed by atoms with E-state index in [0.717, 1.165) is 61.4 Å². The molecule has 3 aromatic heterocycles. The predicted molar refractivity (Wildman–Crippen MR) is 481 cm³/mol. The van der Waals surface area contributed by atoms with Gasteiger partial charge in [0.15, 0.2) is 17.5 Å². The Hall–Kier alpha value is -13.1. The molecule has 11 aromatic carbocycles. The van der Waals surface area contributed by atoms with Crippen molar-refractivity contribution < 1.29 is 42.9 Å². The third kappa shape index (κ3) is 17.6. The van der Waals surface area contributed by atoms with Crippen LogP contribution < -0.4 is 30.2 Å². The van der Waals surface area contributed by atoms with Gasteiger partial charge in [0.1, 0.15) is 51.3 Å². The highest BCUT2D eigenvalue weighted by atomic mass is 35.5. The van der Waals surface area contributed by atoms with Gasteiger partial charge in [-0.15, -0.1) is 0 Å². The van der Waals surface area contributed by atoms with E-state index in [0.29, 0.717) is 141 Å². The minimum absolute atomic E-state index is 0.00584. The summed E-state index contributed by atoms with van der Waals surface area (Å²) < 4.78 is 49.9. The Bertz CT molecular complexity index is 6410. The van der Waals surface area contributed by atoms with Gasteiger partial charge in [0.2, 0.25) is 35.6 Å². The fourth-order valence-corrected chi connectivity index (χ4v) is 16.4. The Kier molecular flexibility index (Phi) is 24.3. The van der Waals surface area contributed by atoms with Crippen LogP contribution in [0.2, 0.25) is 15.1 Å². The molecular weight excluding hydrogens is 1600 g/mol. The van der Waals surface area contributed by atoms with E-state index in [9.17, 15) is 29.7 Å². The summed E-state index contributed by atoms with van der Waals surface area (Å²) in [7, 11) is 5.85. The molecule has 28 heteroatoms. The third-order valence-electron chi connectivity index (χ3n) is 21.9. The highest BCUT2D eigenvalue weighted by molar-refractivity contribution is 6.36. The van der Waals surface area contributed by atoms with Crippen molar-refractivity contribution in [2.45, 2.75) is 20.8 Å². The van der Waals surface area contributed by atoms with Crippen LogP contribution in [0.4, 0.5) is 59.8 Å². The van der Waals surface area contributed by atoms with E-state index in [4.69, 9.17) is 54.7 Å². The van der Waals surface area contributed by atoms with Crippen molar-refractivity contribution >= 4 is 164 Å². The summed E-state index contributed by atoms with van der Waals surface area (Å²) in [6, 6.07) is 52.4. The first kappa shape index (κ1) is 83.0. The molecule has 6 heterocycles. The Labute approximate surface area is 711 Å². The smallest absolute Gasteiger partial charge is 0.246 e. The number of piperazine rings is 3. The molecule has 3 saturated heterocycles. The average molecular weight is 1690 g/mol. The first-order valence-electron chi connectivity index (χ1n) is 39.4. The van der Waals surface area contributed by atoms with Crippen LogP contribution >= 0.6 is 34.8 Å². The number of aromatic nitrogens is 6. The number of halogens is 6. The molecule has 14 aromatic rings. The van der Waals surface area contributed by atoms with Crippen molar-refractivity contribution in [2.24, 2.45) is 0 Å². The van der Waals surface area contributed by atoms with Crippen LogP contribution in [0.3, 0.4) is 0 Å². The number of hydrogen-bond acceptors (Lipinski definition) is 19.